The fraction of sp³-hybridized carbons (Fsp3) is 0.243. The molecule has 0 saturated heterocycles. The van der Waals surface area contributed by atoms with Crippen molar-refractivity contribution in [2.45, 2.75) is 117 Å². The van der Waals surface area contributed by atoms with Gasteiger partial charge < -0.3 is 23.5 Å². The second-order valence-electron chi connectivity index (χ2n) is 26.7. The second-order valence-corrected chi connectivity index (χ2v) is 26.7. The van der Waals surface area contributed by atoms with E-state index in [1.807, 2.05) is 18.2 Å². The third-order valence-electron chi connectivity index (χ3n) is 17.0. The van der Waals surface area contributed by atoms with E-state index in [9.17, 15) is 0 Å². The first-order chi connectivity index (χ1) is 38.2. The fourth-order valence-corrected chi connectivity index (χ4v) is 12.3. The minimum atomic E-state index is -0.0830. The number of benzene rings is 8. The zero-order valence-electron chi connectivity index (χ0n) is 48.6. The number of allylic oxidation sites excluding steroid dienone is 3. The molecular weight excluding hydrogens is 974 g/mol. The van der Waals surface area contributed by atoms with E-state index >= 15 is 0 Å². The molecule has 0 fully saturated rings. The lowest BCUT2D eigenvalue weighted by atomic mass is 9.33. The number of rotatable bonds is 7. The molecule has 4 heterocycles. The number of fused-ring (bicyclic) bond motifs is 6. The molecule has 6 heteroatoms. The van der Waals surface area contributed by atoms with Crippen LogP contribution < -0.4 is 31.1 Å². The summed E-state index contributed by atoms with van der Waals surface area (Å²) in [7, 11) is 0. The molecule has 10 aromatic rings. The maximum Gasteiger partial charge on any atom is 0.252 e. The van der Waals surface area contributed by atoms with E-state index in [2.05, 4.69) is 280 Å². The predicted octanol–water partition coefficient (Wildman–Crippen LogP) is 18.9. The normalized spacial score (nSPS) is 15.3. The number of furan rings is 2. The van der Waals surface area contributed by atoms with Crippen LogP contribution in [0.1, 0.15) is 123 Å². The van der Waals surface area contributed by atoms with Crippen molar-refractivity contribution in [3.63, 3.8) is 0 Å². The van der Waals surface area contributed by atoms with E-state index in [-0.39, 0.29) is 34.3 Å². The smallest absolute Gasteiger partial charge is 0.252 e. The first-order valence-corrected chi connectivity index (χ1v) is 28.7. The molecule has 0 bridgehead atoms. The summed E-state index contributed by atoms with van der Waals surface area (Å²) >= 11 is 0. The van der Waals surface area contributed by atoms with Crippen molar-refractivity contribution in [1.82, 2.24) is 0 Å². The number of para-hydroxylation sites is 2. The molecule has 3 aliphatic rings. The number of hydrogen-bond acceptors (Lipinski definition) is 5. The third-order valence-corrected chi connectivity index (χ3v) is 17.0. The Morgan fingerprint density at radius 1 is 0.450 bits per heavy atom. The van der Waals surface area contributed by atoms with E-state index in [0.717, 1.165) is 85.3 Å². The van der Waals surface area contributed by atoms with Crippen molar-refractivity contribution in [3.8, 4) is 11.3 Å². The lowest BCUT2D eigenvalue weighted by molar-refractivity contribution is 0.524. The molecule has 2 aliphatic heterocycles. The molecule has 1 aliphatic carbocycles. The van der Waals surface area contributed by atoms with Crippen molar-refractivity contribution in [3.05, 3.63) is 234 Å². The van der Waals surface area contributed by atoms with Crippen LogP contribution >= 0.6 is 0 Å². The Labute approximate surface area is 474 Å². The molecule has 1 atom stereocenters. The van der Waals surface area contributed by atoms with Crippen LogP contribution in [0.4, 0.5) is 45.5 Å². The summed E-state index contributed by atoms with van der Waals surface area (Å²) in [5.41, 5.74) is 22.0. The van der Waals surface area contributed by atoms with Crippen LogP contribution in [-0.2, 0) is 21.7 Å². The maximum absolute atomic E-state index is 6.50. The monoisotopic (exact) mass is 1050 g/mol. The average molecular weight is 1050 g/mol. The summed E-state index contributed by atoms with van der Waals surface area (Å²) in [5, 5.41) is 2.23. The molecular formula is C74H72BN3O2. The van der Waals surface area contributed by atoms with Crippen LogP contribution in [0.3, 0.4) is 0 Å². The zero-order chi connectivity index (χ0) is 55.6. The highest BCUT2D eigenvalue weighted by molar-refractivity contribution is 7.00. The van der Waals surface area contributed by atoms with Gasteiger partial charge in [0.2, 0.25) is 0 Å². The van der Waals surface area contributed by atoms with Crippen LogP contribution in [0.25, 0.3) is 33.3 Å². The summed E-state index contributed by atoms with van der Waals surface area (Å²) in [6.45, 7) is 27.7. The van der Waals surface area contributed by atoms with E-state index in [0.29, 0.717) is 0 Å². The van der Waals surface area contributed by atoms with E-state index in [1.165, 1.54) is 50.0 Å². The SMILES string of the molecule is CC(C)(C)c1ccc(N(C2=CCC(c3cc4ccccc4o3)C=C2)c2cc3c4c(c2)N(c2ccc(C(C)(C)C)cc2)c2ccc(C(C)(C)C)cc2B4c2cc(C(C)(C)C)ccc2N3c2ccc(-c3cc4ccccc4o3)cc2)cc1. The van der Waals surface area contributed by atoms with E-state index in [4.69, 9.17) is 8.83 Å². The van der Waals surface area contributed by atoms with Crippen LogP contribution in [0.5, 0.6) is 0 Å². The van der Waals surface area contributed by atoms with E-state index in [1.54, 1.807) is 0 Å². The Bertz CT molecular complexity index is 4020. The second kappa shape index (κ2) is 18.7. The molecule has 2 aromatic heterocycles. The third kappa shape index (κ3) is 8.98. The van der Waals surface area contributed by atoms with Crippen LogP contribution in [-0.4, -0.2) is 6.71 Å². The largest absolute Gasteiger partial charge is 0.460 e. The Balaban J connectivity index is 1.08. The van der Waals surface area contributed by atoms with Gasteiger partial charge in [-0.05, 0) is 170 Å². The molecule has 398 valence electrons. The van der Waals surface area contributed by atoms with Crippen LogP contribution in [0.2, 0.25) is 0 Å². The first-order valence-electron chi connectivity index (χ1n) is 28.7. The molecule has 0 radical (unpaired) electrons. The molecule has 8 aromatic carbocycles. The molecule has 0 amide bonds. The molecule has 80 heavy (non-hydrogen) atoms. The Kier molecular flexibility index (Phi) is 12.0. The van der Waals surface area contributed by atoms with Gasteiger partial charge in [0.15, 0.2) is 0 Å². The van der Waals surface area contributed by atoms with Crippen molar-refractivity contribution in [2.75, 3.05) is 14.7 Å². The minimum absolute atomic E-state index is 0.00720. The van der Waals surface area contributed by atoms with Crippen LogP contribution in [0, 0.1) is 0 Å². The zero-order valence-corrected chi connectivity index (χ0v) is 48.6. The maximum atomic E-state index is 6.50. The highest BCUT2D eigenvalue weighted by atomic mass is 16.3. The lowest BCUT2D eigenvalue weighted by Gasteiger charge is -2.45. The van der Waals surface area contributed by atoms with Crippen molar-refractivity contribution in [1.29, 1.82) is 0 Å². The molecule has 13 rings (SSSR count). The minimum Gasteiger partial charge on any atom is -0.460 e. The molecule has 0 N–H and O–H groups in total. The predicted molar refractivity (Wildman–Crippen MR) is 340 cm³/mol. The Morgan fingerprint density at radius 2 is 0.925 bits per heavy atom. The topological polar surface area (TPSA) is 36.0 Å². The van der Waals surface area contributed by atoms with Gasteiger partial charge in [-0.3, -0.25) is 0 Å². The van der Waals surface area contributed by atoms with Crippen molar-refractivity contribution < 1.29 is 8.83 Å². The van der Waals surface area contributed by atoms with Crippen LogP contribution in [0.15, 0.2) is 215 Å². The molecule has 5 nitrogen and oxygen atoms in total. The summed E-state index contributed by atoms with van der Waals surface area (Å²) in [6, 6.07) is 68.2. The van der Waals surface area contributed by atoms with Gasteiger partial charge in [-0.15, -0.1) is 0 Å². The first kappa shape index (κ1) is 51.2. The molecule has 0 saturated carbocycles. The van der Waals surface area contributed by atoms with E-state index < -0.39 is 0 Å². The summed E-state index contributed by atoms with van der Waals surface area (Å²) in [6.07, 6.45) is 7.86. The Hall–Kier alpha value is -8.22. The van der Waals surface area contributed by atoms with Gasteiger partial charge in [0.05, 0.1) is 5.69 Å². The van der Waals surface area contributed by atoms with Crippen molar-refractivity contribution in [2.24, 2.45) is 0 Å². The fourth-order valence-electron chi connectivity index (χ4n) is 12.3. The summed E-state index contributed by atoms with van der Waals surface area (Å²) in [4.78, 5) is 7.61. The van der Waals surface area contributed by atoms with Gasteiger partial charge in [-0.25, -0.2) is 0 Å². The number of nitrogens with zero attached hydrogens (tertiary/aromatic N) is 3. The van der Waals surface area contributed by atoms with Gasteiger partial charge in [0, 0.05) is 67.8 Å². The number of anilines is 8. The van der Waals surface area contributed by atoms with Gasteiger partial charge in [-0.1, -0.05) is 180 Å². The summed E-state index contributed by atoms with van der Waals surface area (Å²) in [5.74, 6) is 1.95. The molecule has 1 unspecified atom stereocenters. The average Bonchev–Trinajstić information content (AvgIpc) is 4.22. The van der Waals surface area contributed by atoms with Gasteiger partial charge in [-0.2, -0.15) is 0 Å². The Morgan fingerprint density at radius 3 is 1.41 bits per heavy atom. The number of hydrogen-bond donors (Lipinski definition) is 0. The highest BCUT2D eigenvalue weighted by Gasteiger charge is 2.45. The lowest BCUT2D eigenvalue weighted by Crippen LogP contribution is -2.61. The van der Waals surface area contributed by atoms with Crippen molar-refractivity contribution >= 4 is 90.5 Å². The van der Waals surface area contributed by atoms with Gasteiger partial charge in [0.1, 0.15) is 22.7 Å². The quantitative estimate of drug-likeness (QED) is 0.149. The summed E-state index contributed by atoms with van der Waals surface area (Å²) < 4.78 is 13.0. The van der Waals surface area contributed by atoms with Gasteiger partial charge >= 0.3 is 0 Å². The van der Waals surface area contributed by atoms with Gasteiger partial charge in [0.25, 0.3) is 6.71 Å². The standard InChI is InChI=1S/C74H72BN3O2/c1-71(2,3)51-25-35-56(36-26-51)76(55-31-21-47(22-32-55)68-41-49-17-13-15-19-66(49)79-68)59-45-64-70-65(46-59)78(58-37-27-52(28-38-58)72(4,5)6)63-40-30-54(74(10,11)12)44-61(63)75(70)60-43-53(73(7,8)9)29-39-62(60)77(64)57-33-23-48(24-34-57)69-42-50-18-14-16-20-67(50)80-69/h13-21,23-47H,22H2,1-12H3. The molecule has 0 spiro atoms. The highest BCUT2D eigenvalue weighted by Crippen LogP contribution is 2.49.